The molecule has 1 fully saturated rings. The third-order valence-electron chi connectivity index (χ3n) is 3.95. The monoisotopic (exact) mass is 294 g/mol. The Labute approximate surface area is 126 Å². The number of ether oxygens (including phenoxy) is 2. The maximum atomic E-state index is 5.19. The summed E-state index contributed by atoms with van der Waals surface area (Å²) < 4.78 is 10.4. The van der Waals surface area contributed by atoms with Crippen molar-refractivity contribution in [2.45, 2.75) is 31.8 Å². The van der Waals surface area contributed by atoms with Gasteiger partial charge in [-0.1, -0.05) is 0 Å². The molecule has 0 aromatic carbocycles. The number of hydrogen-bond donors (Lipinski definition) is 1. The molecule has 1 saturated carbocycles. The van der Waals surface area contributed by atoms with E-state index in [0.717, 1.165) is 50.7 Å². The Bertz CT molecular complexity index is 416. The summed E-state index contributed by atoms with van der Waals surface area (Å²) in [6.45, 7) is 5.44. The lowest BCUT2D eigenvalue weighted by molar-refractivity contribution is 0.0546. The van der Waals surface area contributed by atoms with E-state index in [2.05, 4.69) is 20.2 Å². The smallest absolute Gasteiger partial charge is 0.129 e. The van der Waals surface area contributed by atoms with Gasteiger partial charge in [-0.05, 0) is 19.8 Å². The summed E-state index contributed by atoms with van der Waals surface area (Å²) in [5.74, 6) is 0.922. The van der Waals surface area contributed by atoms with Crippen molar-refractivity contribution in [3.8, 4) is 0 Å². The van der Waals surface area contributed by atoms with Gasteiger partial charge in [-0.15, -0.1) is 0 Å². The number of nitrogens with one attached hydrogen (secondary N) is 1. The van der Waals surface area contributed by atoms with E-state index in [4.69, 9.17) is 9.47 Å². The van der Waals surface area contributed by atoms with E-state index in [9.17, 15) is 0 Å². The van der Waals surface area contributed by atoms with E-state index in [0.29, 0.717) is 12.1 Å². The largest absolute Gasteiger partial charge is 0.383 e. The molecule has 6 heteroatoms. The molecule has 21 heavy (non-hydrogen) atoms. The van der Waals surface area contributed by atoms with Gasteiger partial charge >= 0.3 is 0 Å². The lowest BCUT2D eigenvalue weighted by atomic mass is 9.85. The highest BCUT2D eigenvalue weighted by atomic mass is 16.5. The minimum absolute atomic E-state index is 0.497. The second kappa shape index (κ2) is 8.26. The van der Waals surface area contributed by atoms with E-state index in [-0.39, 0.29) is 0 Å². The van der Waals surface area contributed by atoms with Gasteiger partial charge < -0.3 is 14.8 Å². The minimum atomic E-state index is 0.497. The number of rotatable bonds is 9. The molecule has 2 rings (SSSR count). The SMILES string of the molecule is COCCN(CCOC)C1CC(Nc2cc(C)ncn2)C1. The second-order valence-electron chi connectivity index (χ2n) is 5.53. The molecule has 6 nitrogen and oxygen atoms in total. The summed E-state index contributed by atoms with van der Waals surface area (Å²) in [4.78, 5) is 10.8. The maximum absolute atomic E-state index is 5.19. The van der Waals surface area contributed by atoms with Crippen LogP contribution in [-0.4, -0.2) is 67.5 Å². The van der Waals surface area contributed by atoms with Crippen LogP contribution in [0.2, 0.25) is 0 Å². The Hall–Kier alpha value is -1.24. The van der Waals surface area contributed by atoms with Crippen LogP contribution in [0, 0.1) is 6.92 Å². The van der Waals surface area contributed by atoms with Crippen molar-refractivity contribution < 1.29 is 9.47 Å². The molecule has 1 heterocycles. The standard InChI is InChI=1S/C15H26N4O2/c1-12-8-15(17-11-16-12)18-13-9-14(10-13)19(4-6-20-2)5-7-21-3/h8,11,13-14H,4-7,9-10H2,1-3H3,(H,16,17,18). The maximum Gasteiger partial charge on any atom is 0.129 e. The molecule has 1 aliphatic carbocycles. The first-order valence-corrected chi connectivity index (χ1v) is 7.50. The normalized spacial score (nSPS) is 21.3. The van der Waals surface area contributed by atoms with Gasteiger partial charge in [0.2, 0.25) is 0 Å². The predicted octanol–water partition coefficient (Wildman–Crippen LogP) is 1.32. The lowest BCUT2D eigenvalue weighted by Gasteiger charge is -2.43. The first kappa shape index (κ1) is 16.1. The average molecular weight is 294 g/mol. The fourth-order valence-corrected chi connectivity index (χ4v) is 2.64. The summed E-state index contributed by atoms with van der Waals surface area (Å²) in [5, 5.41) is 3.48. The topological polar surface area (TPSA) is 59.5 Å². The Morgan fingerprint density at radius 2 is 1.86 bits per heavy atom. The summed E-state index contributed by atoms with van der Waals surface area (Å²) in [7, 11) is 3.49. The Morgan fingerprint density at radius 1 is 1.19 bits per heavy atom. The molecule has 0 bridgehead atoms. The van der Waals surface area contributed by atoms with Crippen LogP contribution in [0.5, 0.6) is 0 Å². The van der Waals surface area contributed by atoms with Gasteiger partial charge in [0.05, 0.1) is 13.2 Å². The van der Waals surface area contributed by atoms with Crippen LogP contribution in [0.1, 0.15) is 18.5 Å². The van der Waals surface area contributed by atoms with Gasteiger partial charge in [0.15, 0.2) is 0 Å². The number of methoxy groups -OCH3 is 2. The van der Waals surface area contributed by atoms with Gasteiger partial charge in [0.25, 0.3) is 0 Å². The minimum Gasteiger partial charge on any atom is -0.383 e. The highest BCUT2D eigenvalue weighted by molar-refractivity contribution is 5.36. The average Bonchev–Trinajstić information content (AvgIpc) is 2.43. The molecule has 118 valence electrons. The molecular formula is C15H26N4O2. The van der Waals surface area contributed by atoms with Gasteiger partial charge in [0.1, 0.15) is 12.1 Å². The number of aromatic nitrogens is 2. The fraction of sp³-hybridized carbons (Fsp3) is 0.733. The Kier molecular flexibility index (Phi) is 6.35. The number of anilines is 1. The van der Waals surface area contributed by atoms with Crippen molar-refractivity contribution in [1.82, 2.24) is 14.9 Å². The second-order valence-corrected chi connectivity index (χ2v) is 5.53. The first-order chi connectivity index (χ1) is 10.2. The number of hydrogen-bond acceptors (Lipinski definition) is 6. The van der Waals surface area contributed by atoms with Gasteiger partial charge in [-0.2, -0.15) is 0 Å². The van der Waals surface area contributed by atoms with Crippen molar-refractivity contribution in [1.29, 1.82) is 0 Å². The van der Waals surface area contributed by atoms with Crippen molar-refractivity contribution >= 4 is 5.82 Å². The van der Waals surface area contributed by atoms with Crippen LogP contribution in [0.25, 0.3) is 0 Å². The van der Waals surface area contributed by atoms with Crippen molar-refractivity contribution in [2.24, 2.45) is 0 Å². The van der Waals surface area contributed by atoms with E-state index < -0.39 is 0 Å². The molecule has 1 aliphatic rings. The van der Waals surface area contributed by atoms with Crippen molar-refractivity contribution in [2.75, 3.05) is 45.8 Å². The van der Waals surface area contributed by atoms with E-state index in [1.54, 1.807) is 20.5 Å². The predicted molar refractivity (Wildman–Crippen MR) is 82.5 cm³/mol. The molecule has 0 atom stereocenters. The lowest BCUT2D eigenvalue weighted by Crippen LogP contribution is -2.51. The molecule has 0 spiro atoms. The molecule has 0 unspecified atom stereocenters. The van der Waals surface area contributed by atoms with Crippen molar-refractivity contribution in [3.05, 3.63) is 18.1 Å². The summed E-state index contributed by atoms with van der Waals surface area (Å²) in [6.07, 6.45) is 3.88. The fourth-order valence-electron chi connectivity index (χ4n) is 2.64. The van der Waals surface area contributed by atoms with Gasteiger partial charge in [-0.25, -0.2) is 9.97 Å². The van der Waals surface area contributed by atoms with Crippen LogP contribution in [0.4, 0.5) is 5.82 Å². The molecule has 1 aromatic rings. The van der Waals surface area contributed by atoms with Crippen LogP contribution >= 0.6 is 0 Å². The molecule has 0 amide bonds. The van der Waals surface area contributed by atoms with Crippen LogP contribution in [0.15, 0.2) is 12.4 Å². The van der Waals surface area contributed by atoms with Crippen molar-refractivity contribution in [3.63, 3.8) is 0 Å². The summed E-state index contributed by atoms with van der Waals surface area (Å²) in [5.41, 5.74) is 0.991. The van der Waals surface area contributed by atoms with Gasteiger partial charge in [0, 0.05) is 51.2 Å². The molecule has 1 N–H and O–H groups in total. The molecule has 1 aromatic heterocycles. The zero-order valence-corrected chi connectivity index (χ0v) is 13.2. The Morgan fingerprint density at radius 3 is 2.43 bits per heavy atom. The molecule has 0 saturated heterocycles. The van der Waals surface area contributed by atoms with E-state index >= 15 is 0 Å². The van der Waals surface area contributed by atoms with Crippen LogP contribution < -0.4 is 5.32 Å². The number of aryl methyl sites for hydroxylation is 1. The van der Waals surface area contributed by atoms with E-state index in [1.165, 1.54) is 0 Å². The molecular weight excluding hydrogens is 268 g/mol. The van der Waals surface area contributed by atoms with E-state index in [1.807, 2.05) is 13.0 Å². The quantitative estimate of drug-likeness (QED) is 0.741. The highest BCUT2D eigenvalue weighted by Gasteiger charge is 2.33. The zero-order valence-electron chi connectivity index (χ0n) is 13.2. The first-order valence-electron chi connectivity index (χ1n) is 7.50. The summed E-state index contributed by atoms with van der Waals surface area (Å²) in [6, 6.07) is 3.09. The Balaban J connectivity index is 1.77. The highest BCUT2D eigenvalue weighted by Crippen LogP contribution is 2.28. The third kappa shape index (κ3) is 4.91. The van der Waals surface area contributed by atoms with Gasteiger partial charge in [-0.3, -0.25) is 4.90 Å². The number of nitrogens with zero attached hydrogens (tertiary/aromatic N) is 3. The molecule has 0 radical (unpaired) electrons. The van der Waals surface area contributed by atoms with Crippen LogP contribution in [-0.2, 0) is 9.47 Å². The molecule has 0 aliphatic heterocycles. The zero-order chi connectivity index (χ0) is 15.1. The van der Waals surface area contributed by atoms with Crippen LogP contribution in [0.3, 0.4) is 0 Å². The summed E-state index contributed by atoms with van der Waals surface area (Å²) >= 11 is 0. The third-order valence-corrected chi connectivity index (χ3v) is 3.95.